The summed E-state index contributed by atoms with van der Waals surface area (Å²) in [5, 5.41) is 12.3. The van der Waals surface area contributed by atoms with E-state index in [1.54, 1.807) is 17.0 Å². The summed E-state index contributed by atoms with van der Waals surface area (Å²) in [6.45, 7) is 18.3. The van der Waals surface area contributed by atoms with Gasteiger partial charge in [-0.2, -0.15) is 0 Å². The summed E-state index contributed by atoms with van der Waals surface area (Å²) in [7, 11) is -2.28. The summed E-state index contributed by atoms with van der Waals surface area (Å²) in [6, 6.07) is 3.01. The third-order valence-electron chi connectivity index (χ3n) is 8.39. The van der Waals surface area contributed by atoms with Crippen molar-refractivity contribution in [1.29, 1.82) is 0 Å². The monoisotopic (exact) mass is 650 g/mol. The quantitative estimate of drug-likeness (QED) is 0.0267. The van der Waals surface area contributed by atoms with Crippen LogP contribution in [0.4, 0.5) is 11.4 Å². The predicted molar refractivity (Wildman–Crippen MR) is 177 cm³/mol. The van der Waals surface area contributed by atoms with Crippen LogP contribution in [0, 0.1) is 10.1 Å². The van der Waals surface area contributed by atoms with Crippen molar-refractivity contribution in [3.8, 4) is 5.75 Å². The zero-order valence-corrected chi connectivity index (χ0v) is 29.4. The second kappa shape index (κ2) is 18.2. The molecule has 2 rings (SSSR count). The van der Waals surface area contributed by atoms with Gasteiger partial charge in [-0.25, -0.2) is 0 Å². The molecular weight excluding hydrogens is 596 g/mol. The summed E-state index contributed by atoms with van der Waals surface area (Å²) in [5.41, 5.74) is 0.554. The number of carbonyl (C=O) groups is 2. The van der Waals surface area contributed by atoms with Gasteiger partial charge in [0.15, 0.2) is 15.0 Å². The first kappa shape index (κ1) is 38.2. The first-order chi connectivity index (χ1) is 21.2. The number of carbonyl (C=O) groups excluding carboxylic acids is 2. The minimum atomic E-state index is -2.28. The standard InChI is InChI=1S/C33H54N2O9Si/c1-9-12-17-31(36)42-24-34(22-32(37)41-19-13-10-2)27-20-25(23-43-45(7,8)33(4,5)6)26(35(38)39)21-30(27)44-29-16-14-15-28(29)40-18-11-3/h11,20-21,28-29H,3,9-10,12-19,22-24H2,1-2,4-8H3/t28-,29-/m0/s1. The fourth-order valence-corrected chi connectivity index (χ4v) is 5.50. The molecule has 1 aromatic carbocycles. The largest absolute Gasteiger partial charge is 0.485 e. The number of benzene rings is 1. The first-order valence-corrected chi connectivity index (χ1v) is 19.0. The van der Waals surface area contributed by atoms with E-state index in [2.05, 4.69) is 40.4 Å². The molecule has 0 amide bonds. The molecule has 0 N–H and O–H groups in total. The maximum absolute atomic E-state index is 13.0. The Labute approximate surface area is 269 Å². The lowest BCUT2D eigenvalue weighted by Crippen LogP contribution is -2.40. The van der Waals surface area contributed by atoms with Gasteiger partial charge < -0.3 is 28.3 Å². The van der Waals surface area contributed by atoms with Gasteiger partial charge in [0.05, 0.1) is 48.2 Å². The van der Waals surface area contributed by atoms with Crippen molar-refractivity contribution in [2.24, 2.45) is 0 Å². The maximum Gasteiger partial charge on any atom is 0.325 e. The highest BCUT2D eigenvalue weighted by Gasteiger charge is 2.38. The van der Waals surface area contributed by atoms with Crippen LogP contribution in [-0.4, -0.2) is 63.9 Å². The van der Waals surface area contributed by atoms with Crippen LogP contribution in [0.1, 0.15) is 91.5 Å². The van der Waals surface area contributed by atoms with E-state index < -0.39 is 25.2 Å². The van der Waals surface area contributed by atoms with E-state index in [1.807, 2.05) is 13.8 Å². The molecule has 254 valence electrons. The van der Waals surface area contributed by atoms with Crippen molar-refractivity contribution >= 4 is 31.6 Å². The number of anilines is 1. The van der Waals surface area contributed by atoms with E-state index in [0.717, 1.165) is 25.7 Å². The van der Waals surface area contributed by atoms with Gasteiger partial charge in [-0.1, -0.05) is 53.5 Å². The van der Waals surface area contributed by atoms with Crippen molar-refractivity contribution < 1.29 is 37.9 Å². The zero-order valence-electron chi connectivity index (χ0n) is 28.4. The van der Waals surface area contributed by atoms with E-state index in [4.69, 9.17) is 23.4 Å². The van der Waals surface area contributed by atoms with Crippen LogP contribution in [0.5, 0.6) is 5.75 Å². The van der Waals surface area contributed by atoms with Crippen LogP contribution in [0.2, 0.25) is 18.1 Å². The second-order valence-corrected chi connectivity index (χ2v) is 17.8. The Morgan fingerprint density at radius 3 is 2.40 bits per heavy atom. The van der Waals surface area contributed by atoms with Gasteiger partial charge in [-0.15, -0.1) is 6.58 Å². The number of ether oxygens (including phenoxy) is 4. The normalized spacial score (nSPS) is 16.7. The van der Waals surface area contributed by atoms with Gasteiger partial charge in [-0.3, -0.25) is 19.7 Å². The van der Waals surface area contributed by atoms with Gasteiger partial charge in [0.1, 0.15) is 18.4 Å². The lowest BCUT2D eigenvalue weighted by atomic mass is 10.1. The first-order valence-electron chi connectivity index (χ1n) is 16.1. The van der Waals surface area contributed by atoms with Crippen LogP contribution in [-0.2, 0) is 34.8 Å². The molecule has 0 aliphatic heterocycles. The molecule has 0 saturated heterocycles. The summed E-state index contributed by atoms with van der Waals surface area (Å²) < 4.78 is 29.8. The van der Waals surface area contributed by atoms with Crippen molar-refractivity contribution in [2.45, 2.75) is 123 Å². The van der Waals surface area contributed by atoms with Crippen LogP contribution >= 0.6 is 0 Å². The Hall–Kier alpha value is -2.96. The zero-order chi connectivity index (χ0) is 33.6. The van der Waals surface area contributed by atoms with Gasteiger partial charge in [0, 0.05) is 6.42 Å². The molecule has 1 fully saturated rings. The fraction of sp³-hybridized carbons (Fsp3) is 0.697. The number of hydrogen-bond acceptors (Lipinski definition) is 10. The maximum atomic E-state index is 13.0. The summed E-state index contributed by atoms with van der Waals surface area (Å²) in [5.74, 6) is -0.715. The Morgan fingerprint density at radius 1 is 1.09 bits per heavy atom. The van der Waals surface area contributed by atoms with E-state index in [9.17, 15) is 19.7 Å². The van der Waals surface area contributed by atoms with Crippen molar-refractivity contribution in [3.05, 3.63) is 40.5 Å². The number of hydrogen-bond donors (Lipinski definition) is 0. The second-order valence-electron chi connectivity index (χ2n) is 13.0. The lowest BCUT2D eigenvalue weighted by molar-refractivity contribution is -0.385. The van der Waals surface area contributed by atoms with Crippen LogP contribution < -0.4 is 9.64 Å². The molecule has 45 heavy (non-hydrogen) atoms. The Bertz CT molecular complexity index is 1140. The average molecular weight is 651 g/mol. The SMILES string of the molecule is C=CCO[C@H]1CCC[C@@H]1Oc1cc([N+](=O)[O-])c(CO[Si](C)(C)C(C)(C)C)cc1N(COC(=O)CCCC)CC(=O)OCCCC. The van der Waals surface area contributed by atoms with Gasteiger partial charge >= 0.3 is 11.9 Å². The lowest BCUT2D eigenvalue weighted by Gasteiger charge is -2.36. The third-order valence-corrected chi connectivity index (χ3v) is 12.9. The van der Waals surface area contributed by atoms with Crippen LogP contribution in [0.15, 0.2) is 24.8 Å². The molecule has 2 atom stereocenters. The van der Waals surface area contributed by atoms with E-state index >= 15 is 0 Å². The number of unbranched alkanes of at least 4 members (excludes halogenated alkanes) is 2. The minimum absolute atomic E-state index is 0.000338. The topological polar surface area (TPSA) is 127 Å². The highest BCUT2D eigenvalue weighted by molar-refractivity contribution is 6.74. The van der Waals surface area contributed by atoms with Gasteiger partial charge in [0.2, 0.25) is 0 Å². The molecule has 11 nitrogen and oxygen atoms in total. The third kappa shape index (κ3) is 12.1. The smallest absolute Gasteiger partial charge is 0.325 e. The van der Waals surface area contributed by atoms with Crippen molar-refractivity contribution in [3.63, 3.8) is 0 Å². The molecule has 0 heterocycles. The van der Waals surface area contributed by atoms with E-state index in [0.29, 0.717) is 37.1 Å². The van der Waals surface area contributed by atoms with Crippen LogP contribution in [0.3, 0.4) is 0 Å². The summed E-state index contributed by atoms with van der Waals surface area (Å²) >= 11 is 0. The molecule has 0 spiro atoms. The van der Waals surface area contributed by atoms with Crippen LogP contribution in [0.25, 0.3) is 0 Å². The molecular formula is C33H54N2O9Si. The molecule has 0 unspecified atom stereocenters. The molecule has 0 radical (unpaired) electrons. The highest BCUT2D eigenvalue weighted by Crippen LogP contribution is 2.41. The Balaban J connectivity index is 2.60. The van der Waals surface area contributed by atoms with Gasteiger partial charge in [0.25, 0.3) is 5.69 Å². The van der Waals surface area contributed by atoms with Gasteiger partial charge in [-0.05, 0) is 56.3 Å². The Kier molecular flexibility index (Phi) is 15.5. The molecule has 1 saturated carbocycles. The highest BCUT2D eigenvalue weighted by atomic mass is 28.4. The average Bonchev–Trinajstić information content (AvgIpc) is 3.42. The predicted octanol–water partition coefficient (Wildman–Crippen LogP) is 7.46. The summed E-state index contributed by atoms with van der Waals surface area (Å²) in [4.78, 5) is 39.0. The molecule has 1 aliphatic carbocycles. The van der Waals surface area contributed by atoms with E-state index in [1.165, 1.54) is 6.07 Å². The molecule has 12 heteroatoms. The van der Waals surface area contributed by atoms with Crippen molar-refractivity contribution in [1.82, 2.24) is 0 Å². The molecule has 0 aromatic heterocycles. The molecule has 1 aromatic rings. The fourth-order valence-electron chi connectivity index (χ4n) is 4.55. The van der Waals surface area contributed by atoms with E-state index in [-0.39, 0.29) is 61.6 Å². The molecule has 1 aliphatic rings. The minimum Gasteiger partial charge on any atom is -0.485 e. The number of rotatable bonds is 20. The number of nitro groups is 1. The summed E-state index contributed by atoms with van der Waals surface area (Å²) in [6.07, 6.45) is 6.72. The number of nitrogens with zero attached hydrogens (tertiary/aromatic N) is 2. The number of esters is 2. The molecule has 0 bridgehead atoms. The van der Waals surface area contributed by atoms with Crippen molar-refractivity contribution in [2.75, 3.05) is 31.4 Å². The Morgan fingerprint density at radius 2 is 1.78 bits per heavy atom. The number of nitro benzene ring substituents is 1.